The Morgan fingerprint density at radius 1 is 0.897 bits per heavy atom. The zero-order valence-electron chi connectivity index (χ0n) is 18.0. The van der Waals surface area contributed by atoms with Crippen molar-refractivity contribution in [1.29, 1.82) is 0 Å². The van der Waals surface area contributed by atoms with Crippen molar-refractivity contribution in [2.24, 2.45) is 0 Å². The summed E-state index contributed by atoms with van der Waals surface area (Å²) in [7, 11) is 0. The van der Waals surface area contributed by atoms with Crippen LogP contribution in [0.5, 0.6) is 0 Å². The molecule has 0 saturated carbocycles. The largest absolute Gasteiger partial charge is 0.324 e. The molecule has 0 radical (unpaired) electrons. The van der Waals surface area contributed by atoms with Gasteiger partial charge in [0.05, 0.1) is 17.4 Å². The lowest BCUT2D eigenvalue weighted by molar-refractivity contribution is -0.116. The normalized spacial score (nSPS) is 11.5. The third kappa shape index (κ3) is 10.0. The van der Waals surface area contributed by atoms with Crippen molar-refractivity contribution in [3.05, 3.63) is 30.4 Å². The number of carbonyl (C=O) groups excluding carboxylic acids is 1. The van der Waals surface area contributed by atoms with Gasteiger partial charge in [-0.25, -0.2) is 0 Å². The molecule has 2 aromatic rings. The van der Waals surface area contributed by atoms with Crippen molar-refractivity contribution < 1.29 is 4.79 Å². The van der Waals surface area contributed by atoms with Gasteiger partial charge in [0.2, 0.25) is 5.91 Å². The average molecular weight is 416 g/mol. The molecule has 0 spiro atoms. The van der Waals surface area contributed by atoms with Crippen LogP contribution in [0.25, 0.3) is 11.0 Å². The summed E-state index contributed by atoms with van der Waals surface area (Å²) in [6.07, 6.45) is 21.8. The maximum absolute atomic E-state index is 12.1. The number of nitrogens with zero attached hydrogens (tertiary/aromatic N) is 2. The predicted octanol–water partition coefficient (Wildman–Crippen LogP) is 7.67. The highest BCUT2D eigenvalue weighted by molar-refractivity contribution is 7.00. The van der Waals surface area contributed by atoms with Gasteiger partial charge in [0.25, 0.3) is 0 Å². The van der Waals surface area contributed by atoms with Gasteiger partial charge in [-0.15, -0.1) is 0 Å². The molecule has 160 valence electrons. The lowest BCUT2D eigenvalue weighted by atomic mass is 10.1. The summed E-state index contributed by atoms with van der Waals surface area (Å²) >= 11 is 1.18. The summed E-state index contributed by atoms with van der Waals surface area (Å²) in [5, 5.41) is 2.98. The van der Waals surface area contributed by atoms with Crippen LogP contribution >= 0.6 is 11.7 Å². The topological polar surface area (TPSA) is 54.9 Å². The summed E-state index contributed by atoms with van der Waals surface area (Å²) in [5.74, 6) is 0.0723. The van der Waals surface area contributed by atoms with Crippen molar-refractivity contribution >= 4 is 34.4 Å². The van der Waals surface area contributed by atoms with Gasteiger partial charge in [0, 0.05) is 6.42 Å². The predicted molar refractivity (Wildman–Crippen MR) is 125 cm³/mol. The van der Waals surface area contributed by atoms with Crippen LogP contribution in [0.2, 0.25) is 0 Å². The monoisotopic (exact) mass is 415 g/mol. The van der Waals surface area contributed by atoms with Gasteiger partial charge in [-0.2, -0.15) is 8.75 Å². The molecule has 0 aliphatic heterocycles. The molecule has 0 saturated heterocycles. The summed E-state index contributed by atoms with van der Waals surface area (Å²) in [4.78, 5) is 12.1. The number of hydrogen-bond acceptors (Lipinski definition) is 4. The molecule has 0 unspecified atom stereocenters. The van der Waals surface area contributed by atoms with Crippen LogP contribution in [-0.4, -0.2) is 14.7 Å². The standard InChI is InChI=1S/C24H37N3OS/c1-2-3-4-5-6-7-8-9-10-11-12-13-14-15-16-20-23(28)25-21-18-17-19-22-24(21)27-29-26-22/h9-10,17-19H,2-8,11-16,20H2,1H3,(H,25,28)/b10-9-. The average Bonchev–Trinajstić information content (AvgIpc) is 3.21. The number of fused-ring (bicyclic) bond motifs is 1. The van der Waals surface area contributed by atoms with Crippen LogP contribution in [0.4, 0.5) is 5.69 Å². The fourth-order valence-electron chi connectivity index (χ4n) is 3.48. The van der Waals surface area contributed by atoms with Crippen LogP contribution in [0.1, 0.15) is 96.8 Å². The summed E-state index contributed by atoms with van der Waals surface area (Å²) in [5.41, 5.74) is 2.40. The van der Waals surface area contributed by atoms with Crippen LogP contribution in [0.15, 0.2) is 30.4 Å². The fraction of sp³-hybridized carbons (Fsp3) is 0.625. The van der Waals surface area contributed by atoms with E-state index in [4.69, 9.17) is 0 Å². The molecule has 1 N–H and O–H groups in total. The number of rotatable bonds is 16. The van der Waals surface area contributed by atoms with Gasteiger partial charge in [-0.1, -0.05) is 76.5 Å². The second kappa shape index (κ2) is 15.1. The zero-order chi connectivity index (χ0) is 20.6. The molecular formula is C24H37N3OS. The minimum Gasteiger partial charge on any atom is -0.324 e. The van der Waals surface area contributed by atoms with Crippen molar-refractivity contribution in [1.82, 2.24) is 8.75 Å². The Hall–Kier alpha value is -1.75. The third-order valence-corrected chi connectivity index (χ3v) is 5.77. The van der Waals surface area contributed by atoms with Crippen molar-refractivity contribution in [2.75, 3.05) is 5.32 Å². The minimum atomic E-state index is 0.0723. The number of unbranched alkanes of at least 4 members (excludes halogenated alkanes) is 11. The van der Waals surface area contributed by atoms with Crippen molar-refractivity contribution in [3.63, 3.8) is 0 Å². The Morgan fingerprint density at radius 2 is 1.55 bits per heavy atom. The Bertz CT molecular complexity index is 726. The molecule has 29 heavy (non-hydrogen) atoms. The van der Waals surface area contributed by atoms with E-state index in [1.54, 1.807) is 0 Å². The molecule has 1 amide bonds. The first kappa shape index (κ1) is 23.5. The molecule has 0 fully saturated rings. The molecule has 0 aliphatic carbocycles. The summed E-state index contributed by atoms with van der Waals surface area (Å²) in [6.45, 7) is 2.27. The van der Waals surface area contributed by atoms with Crippen LogP contribution in [0.3, 0.4) is 0 Å². The molecule has 1 aromatic carbocycles. The Morgan fingerprint density at radius 3 is 2.28 bits per heavy atom. The van der Waals surface area contributed by atoms with Gasteiger partial charge < -0.3 is 5.32 Å². The van der Waals surface area contributed by atoms with E-state index in [0.29, 0.717) is 6.42 Å². The van der Waals surface area contributed by atoms with E-state index in [2.05, 4.69) is 33.1 Å². The van der Waals surface area contributed by atoms with Gasteiger partial charge in [-0.3, -0.25) is 4.79 Å². The van der Waals surface area contributed by atoms with Gasteiger partial charge >= 0.3 is 0 Å². The van der Waals surface area contributed by atoms with E-state index < -0.39 is 0 Å². The fourth-order valence-corrected chi connectivity index (χ4v) is 4.03. The van der Waals surface area contributed by atoms with Gasteiger partial charge in [-0.05, 0) is 44.2 Å². The first-order valence-corrected chi connectivity index (χ1v) is 12.2. The number of anilines is 1. The first-order valence-electron chi connectivity index (χ1n) is 11.5. The molecular weight excluding hydrogens is 378 g/mol. The first-order chi connectivity index (χ1) is 14.3. The summed E-state index contributed by atoms with van der Waals surface area (Å²) in [6, 6.07) is 5.71. The number of amides is 1. The molecule has 1 aromatic heterocycles. The molecule has 2 rings (SSSR count). The third-order valence-electron chi connectivity index (χ3n) is 5.23. The molecule has 0 aliphatic rings. The Kier molecular flexibility index (Phi) is 12.3. The number of allylic oxidation sites excluding steroid dienone is 2. The van der Waals surface area contributed by atoms with Crippen molar-refractivity contribution in [3.8, 4) is 0 Å². The smallest absolute Gasteiger partial charge is 0.224 e. The highest BCUT2D eigenvalue weighted by Crippen LogP contribution is 2.21. The highest BCUT2D eigenvalue weighted by atomic mass is 32.1. The maximum Gasteiger partial charge on any atom is 0.224 e. The van der Waals surface area contributed by atoms with E-state index in [1.165, 1.54) is 82.4 Å². The highest BCUT2D eigenvalue weighted by Gasteiger charge is 2.08. The van der Waals surface area contributed by atoms with Crippen LogP contribution in [0, 0.1) is 0 Å². The minimum absolute atomic E-state index is 0.0723. The lowest BCUT2D eigenvalue weighted by Crippen LogP contribution is -2.11. The van der Waals surface area contributed by atoms with Crippen molar-refractivity contribution in [2.45, 2.75) is 96.8 Å². The Labute approximate surface area is 180 Å². The number of nitrogens with one attached hydrogen (secondary N) is 1. The van der Waals surface area contributed by atoms with Gasteiger partial charge in [0.1, 0.15) is 11.0 Å². The second-order valence-electron chi connectivity index (χ2n) is 7.82. The molecule has 0 atom stereocenters. The van der Waals surface area contributed by atoms with E-state index in [1.807, 2.05) is 18.2 Å². The zero-order valence-corrected chi connectivity index (χ0v) is 18.8. The van der Waals surface area contributed by atoms with Crippen LogP contribution in [-0.2, 0) is 4.79 Å². The number of benzene rings is 1. The number of hydrogen-bond donors (Lipinski definition) is 1. The van der Waals surface area contributed by atoms with E-state index in [0.717, 1.165) is 29.6 Å². The number of carbonyl (C=O) groups is 1. The van der Waals surface area contributed by atoms with Gasteiger partial charge in [0.15, 0.2) is 0 Å². The molecule has 4 nitrogen and oxygen atoms in total. The Balaban J connectivity index is 1.42. The van der Waals surface area contributed by atoms with E-state index in [9.17, 15) is 4.79 Å². The molecule has 5 heteroatoms. The maximum atomic E-state index is 12.1. The quantitative estimate of drug-likeness (QED) is 0.226. The number of aromatic nitrogens is 2. The van der Waals surface area contributed by atoms with E-state index in [-0.39, 0.29) is 5.91 Å². The molecule has 1 heterocycles. The second-order valence-corrected chi connectivity index (χ2v) is 8.35. The molecule has 0 bridgehead atoms. The van der Waals surface area contributed by atoms with E-state index >= 15 is 0 Å². The SMILES string of the molecule is CCCCCCCC/C=C\CCCCCCCC(=O)Nc1cccc2nsnc12. The van der Waals surface area contributed by atoms with Crippen LogP contribution < -0.4 is 5.32 Å². The summed E-state index contributed by atoms with van der Waals surface area (Å²) < 4.78 is 8.46. The lowest BCUT2D eigenvalue weighted by Gasteiger charge is -2.05.